The first kappa shape index (κ1) is 15.1. The largest absolute Gasteiger partial charge is 0.491 e. The van der Waals surface area contributed by atoms with Crippen molar-refractivity contribution in [2.45, 2.75) is 26.0 Å². The third-order valence-corrected chi connectivity index (χ3v) is 2.56. The second-order valence-electron chi connectivity index (χ2n) is 4.45. The average Bonchev–Trinajstić information content (AvgIpc) is 2.42. The number of nitrogens with zero attached hydrogens (tertiary/aromatic N) is 2. The van der Waals surface area contributed by atoms with E-state index in [9.17, 15) is 14.8 Å². The summed E-state index contributed by atoms with van der Waals surface area (Å²) in [6.07, 6.45) is -0.0691. The normalized spacial score (nSPS) is 12.0. The van der Waals surface area contributed by atoms with Gasteiger partial charge in [-0.3, -0.25) is 9.80 Å². The van der Waals surface area contributed by atoms with Crippen LogP contribution in [0.4, 0.5) is 0 Å². The number of rotatable bonds is 8. The van der Waals surface area contributed by atoms with Crippen LogP contribution in [0.3, 0.4) is 0 Å². The monoisotopic (exact) mass is 266 g/mol. The van der Waals surface area contributed by atoms with Crippen LogP contribution in [0.1, 0.15) is 24.2 Å². The van der Waals surface area contributed by atoms with E-state index < -0.39 is 6.10 Å². The second kappa shape index (κ2) is 7.48. The summed E-state index contributed by atoms with van der Waals surface area (Å²) >= 11 is 0. The van der Waals surface area contributed by atoms with Gasteiger partial charge in [-0.15, -0.1) is 4.91 Å². The lowest BCUT2D eigenvalue weighted by molar-refractivity contribution is 0.0579. The Kier molecular flexibility index (Phi) is 5.95. The van der Waals surface area contributed by atoms with Gasteiger partial charge in [-0.25, -0.2) is 0 Å². The predicted molar refractivity (Wildman–Crippen MR) is 71.0 cm³/mol. The minimum atomic E-state index is -0.814. The Labute approximate surface area is 111 Å². The summed E-state index contributed by atoms with van der Waals surface area (Å²) in [5.41, 5.74) is 0.559. The van der Waals surface area contributed by atoms with Crippen molar-refractivity contribution >= 4 is 6.29 Å². The summed E-state index contributed by atoms with van der Waals surface area (Å²) in [6.45, 7) is 3.80. The average molecular weight is 266 g/mol. The lowest BCUT2D eigenvalue weighted by atomic mass is 10.2. The van der Waals surface area contributed by atoms with E-state index in [1.165, 1.54) is 5.01 Å². The minimum Gasteiger partial charge on any atom is -0.491 e. The second-order valence-corrected chi connectivity index (χ2v) is 4.45. The van der Waals surface area contributed by atoms with Gasteiger partial charge in [0, 0.05) is 11.6 Å². The third-order valence-electron chi connectivity index (χ3n) is 2.56. The molecule has 0 aliphatic heterocycles. The number of hydrogen-bond donors (Lipinski definition) is 1. The van der Waals surface area contributed by atoms with Gasteiger partial charge in [0.15, 0.2) is 0 Å². The number of ether oxygens (including phenoxy) is 1. The molecule has 0 aliphatic rings. The van der Waals surface area contributed by atoms with E-state index in [1.807, 2.05) is 13.8 Å². The van der Waals surface area contributed by atoms with E-state index in [1.54, 1.807) is 24.3 Å². The zero-order valence-electron chi connectivity index (χ0n) is 11.0. The van der Waals surface area contributed by atoms with Gasteiger partial charge >= 0.3 is 0 Å². The highest BCUT2D eigenvalue weighted by Crippen LogP contribution is 2.11. The molecule has 19 heavy (non-hydrogen) atoms. The molecule has 0 amide bonds. The Bertz CT molecular complexity index is 406. The maximum absolute atomic E-state index is 10.5. The standard InChI is InChI=1S/C13H18N2O4/c1-10(2)15(14-18)7-12(17)9-19-13-5-3-11(8-16)4-6-13/h3-6,8,10,12,17H,7,9H2,1-2H3. The van der Waals surface area contributed by atoms with E-state index in [-0.39, 0.29) is 19.2 Å². The number of carbonyl (C=O) groups is 1. The van der Waals surface area contributed by atoms with Crippen LogP contribution in [0.15, 0.2) is 29.6 Å². The number of carbonyl (C=O) groups excluding carboxylic acids is 1. The number of hydrogen-bond acceptors (Lipinski definition) is 5. The van der Waals surface area contributed by atoms with Crippen LogP contribution in [-0.2, 0) is 0 Å². The van der Waals surface area contributed by atoms with Gasteiger partial charge in [0.2, 0.25) is 0 Å². The van der Waals surface area contributed by atoms with Crippen LogP contribution in [0.25, 0.3) is 0 Å². The van der Waals surface area contributed by atoms with Gasteiger partial charge in [-0.2, -0.15) is 0 Å². The fourth-order valence-electron chi connectivity index (χ4n) is 1.44. The number of aldehydes is 1. The smallest absolute Gasteiger partial charge is 0.150 e. The molecule has 1 aromatic carbocycles. The molecule has 1 atom stereocenters. The number of nitroso groups, excluding NO2 is 1. The van der Waals surface area contributed by atoms with Gasteiger partial charge in [-0.05, 0) is 38.1 Å². The lowest BCUT2D eigenvalue weighted by Crippen LogP contribution is -2.36. The molecular formula is C13H18N2O4. The Morgan fingerprint density at radius 3 is 2.47 bits per heavy atom. The number of aliphatic hydroxyl groups excluding tert-OH is 1. The Morgan fingerprint density at radius 2 is 2.00 bits per heavy atom. The highest BCUT2D eigenvalue weighted by Gasteiger charge is 2.14. The van der Waals surface area contributed by atoms with Crippen LogP contribution in [0, 0.1) is 4.91 Å². The first-order valence-electron chi connectivity index (χ1n) is 6.02. The fourth-order valence-corrected chi connectivity index (χ4v) is 1.44. The Hall–Kier alpha value is -1.95. The Balaban J connectivity index is 2.42. The van der Waals surface area contributed by atoms with Crippen LogP contribution in [-0.4, -0.2) is 41.7 Å². The van der Waals surface area contributed by atoms with Crippen molar-refractivity contribution < 1.29 is 14.6 Å². The van der Waals surface area contributed by atoms with Crippen LogP contribution in [0.2, 0.25) is 0 Å². The molecule has 0 aliphatic carbocycles. The van der Waals surface area contributed by atoms with Crippen molar-refractivity contribution in [3.8, 4) is 5.75 Å². The summed E-state index contributed by atoms with van der Waals surface area (Å²) in [5.74, 6) is 0.555. The minimum absolute atomic E-state index is 0.0547. The molecule has 0 saturated heterocycles. The summed E-state index contributed by atoms with van der Waals surface area (Å²) in [5, 5.41) is 13.8. The molecule has 0 spiro atoms. The SMILES string of the molecule is CC(C)N(CC(O)COc1ccc(C=O)cc1)N=O. The molecule has 1 N–H and O–H groups in total. The molecule has 1 unspecified atom stereocenters. The third kappa shape index (κ3) is 5.05. The van der Waals surface area contributed by atoms with E-state index >= 15 is 0 Å². The number of benzene rings is 1. The van der Waals surface area contributed by atoms with Gasteiger partial charge < -0.3 is 9.84 Å². The summed E-state index contributed by atoms with van der Waals surface area (Å²) in [6, 6.07) is 6.48. The van der Waals surface area contributed by atoms with Gasteiger partial charge in [0.25, 0.3) is 0 Å². The summed E-state index contributed by atoms with van der Waals surface area (Å²) in [4.78, 5) is 21.0. The molecule has 6 nitrogen and oxygen atoms in total. The molecule has 0 bridgehead atoms. The van der Waals surface area contributed by atoms with Crippen LogP contribution >= 0.6 is 0 Å². The molecule has 104 valence electrons. The Morgan fingerprint density at radius 1 is 1.37 bits per heavy atom. The maximum Gasteiger partial charge on any atom is 0.150 e. The van der Waals surface area contributed by atoms with E-state index in [0.29, 0.717) is 11.3 Å². The van der Waals surface area contributed by atoms with Crippen molar-refractivity contribution in [2.75, 3.05) is 13.2 Å². The lowest BCUT2D eigenvalue weighted by Gasteiger charge is -2.22. The van der Waals surface area contributed by atoms with Crippen molar-refractivity contribution in [3.05, 3.63) is 34.7 Å². The molecule has 0 aromatic heterocycles. The topological polar surface area (TPSA) is 79.2 Å². The van der Waals surface area contributed by atoms with Crippen molar-refractivity contribution in [1.82, 2.24) is 5.01 Å². The molecule has 0 fully saturated rings. The van der Waals surface area contributed by atoms with Crippen molar-refractivity contribution in [2.24, 2.45) is 5.29 Å². The summed E-state index contributed by atoms with van der Waals surface area (Å²) in [7, 11) is 0. The van der Waals surface area contributed by atoms with Gasteiger partial charge in [0.1, 0.15) is 24.7 Å². The molecule has 0 radical (unpaired) electrons. The van der Waals surface area contributed by atoms with Crippen LogP contribution in [0.5, 0.6) is 5.75 Å². The molecule has 0 saturated carbocycles. The molecule has 0 heterocycles. The molecule has 6 heteroatoms. The highest BCUT2D eigenvalue weighted by molar-refractivity contribution is 5.74. The van der Waals surface area contributed by atoms with Gasteiger partial charge in [-0.1, -0.05) is 0 Å². The van der Waals surface area contributed by atoms with Crippen molar-refractivity contribution in [3.63, 3.8) is 0 Å². The molecule has 1 rings (SSSR count). The molecular weight excluding hydrogens is 248 g/mol. The quantitative estimate of drug-likeness (QED) is 0.439. The van der Waals surface area contributed by atoms with Crippen LogP contribution < -0.4 is 4.74 Å². The predicted octanol–water partition coefficient (Wildman–Crippen LogP) is 1.63. The fraction of sp³-hybridized carbons (Fsp3) is 0.462. The first-order chi connectivity index (χ1) is 9.06. The first-order valence-corrected chi connectivity index (χ1v) is 6.02. The maximum atomic E-state index is 10.5. The zero-order valence-corrected chi connectivity index (χ0v) is 11.0. The van der Waals surface area contributed by atoms with E-state index in [0.717, 1.165) is 6.29 Å². The van der Waals surface area contributed by atoms with E-state index in [2.05, 4.69) is 5.29 Å². The summed E-state index contributed by atoms with van der Waals surface area (Å²) < 4.78 is 5.36. The van der Waals surface area contributed by atoms with E-state index in [4.69, 9.17) is 4.74 Å². The van der Waals surface area contributed by atoms with Crippen molar-refractivity contribution in [1.29, 1.82) is 0 Å². The molecule has 1 aromatic rings. The highest BCUT2D eigenvalue weighted by atomic mass is 16.5. The number of aliphatic hydroxyl groups is 1. The zero-order chi connectivity index (χ0) is 14.3. The van der Waals surface area contributed by atoms with Gasteiger partial charge in [0.05, 0.1) is 11.8 Å².